The molecular formula is C14H19IO2. The number of benzene rings is 1. The minimum Gasteiger partial charge on any atom is -0.497 e. The molecule has 0 atom stereocenters. The molecule has 0 bridgehead atoms. The summed E-state index contributed by atoms with van der Waals surface area (Å²) < 4.78 is 12.4. The highest BCUT2D eigenvalue weighted by Gasteiger charge is 2.33. The lowest BCUT2D eigenvalue weighted by atomic mass is 10.1. The van der Waals surface area contributed by atoms with Gasteiger partial charge >= 0.3 is 0 Å². The van der Waals surface area contributed by atoms with Gasteiger partial charge in [-0.2, -0.15) is 0 Å². The zero-order valence-electron chi connectivity index (χ0n) is 10.2. The van der Waals surface area contributed by atoms with Crippen LogP contribution in [0, 0.1) is 0 Å². The molecule has 0 unspecified atom stereocenters. The van der Waals surface area contributed by atoms with Crippen molar-refractivity contribution >= 4 is 22.6 Å². The summed E-state index contributed by atoms with van der Waals surface area (Å²) in [7, 11) is 1.69. The molecule has 1 aliphatic carbocycles. The summed E-state index contributed by atoms with van der Waals surface area (Å²) in [5.74, 6) is 0.901. The Morgan fingerprint density at radius 1 is 1.18 bits per heavy atom. The van der Waals surface area contributed by atoms with Gasteiger partial charge in [0.1, 0.15) is 5.75 Å². The van der Waals surface area contributed by atoms with Gasteiger partial charge in [0.15, 0.2) is 0 Å². The van der Waals surface area contributed by atoms with Crippen LogP contribution in [0.25, 0.3) is 0 Å². The topological polar surface area (TPSA) is 18.5 Å². The van der Waals surface area contributed by atoms with Crippen molar-refractivity contribution < 1.29 is 9.47 Å². The highest BCUT2D eigenvalue weighted by Crippen LogP contribution is 2.35. The van der Waals surface area contributed by atoms with Crippen molar-refractivity contribution in [3.05, 3.63) is 29.8 Å². The molecule has 1 aromatic rings. The summed E-state index contributed by atoms with van der Waals surface area (Å²) >= 11 is 2.45. The average Bonchev–Trinajstić information content (AvgIpc) is 2.86. The van der Waals surface area contributed by atoms with Gasteiger partial charge in [0.05, 0.1) is 19.3 Å². The number of halogens is 1. The van der Waals surface area contributed by atoms with Crippen LogP contribution in [0.15, 0.2) is 24.3 Å². The molecule has 0 heterocycles. The predicted molar refractivity (Wildman–Crippen MR) is 77.9 cm³/mol. The largest absolute Gasteiger partial charge is 0.497 e. The fourth-order valence-electron chi connectivity index (χ4n) is 2.29. The maximum Gasteiger partial charge on any atom is 0.118 e. The molecule has 1 aliphatic rings. The summed E-state index contributed by atoms with van der Waals surface area (Å²) in [5, 5.41) is 0. The van der Waals surface area contributed by atoms with E-state index in [0.29, 0.717) is 6.61 Å². The van der Waals surface area contributed by atoms with E-state index in [9.17, 15) is 0 Å². The van der Waals surface area contributed by atoms with Crippen molar-refractivity contribution in [1.29, 1.82) is 0 Å². The average molecular weight is 346 g/mol. The normalized spacial score (nSPS) is 18.2. The molecule has 0 aromatic heterocycles. The van der Waals surface area contributed by atoms with Crippen molar-refractivity contribution in [2.45, 2.75) is 37.9 Å². The van der Waals surface area contributed by atoms with E-state index in [1.54, 1.807) is 7.11 Å². The van der Waals surface area contributed by atoms with E-state index in [4.69, 9.17) is 9.47 Å². The minimum atomic E-state index is 0.139. The van der Waals surface area contributed by atoms with Gasteiger partial charge < -0.3 is 9.47 Å². The number of rotatable bonds is 5. The highest BCUT2D eigenvalue weighted by atomic mass is 127. The Balaban J connectivity index is 1.92. The zero-order chi connectivity index (χ0) is 12.1. The summed E-state index contributed by atoms with van der Waals surface area (Å²) in [6.07, 6.45) is 5.05. The Bertz CT molecular complexity index is 342. The monoisotopic (exact) mass is 346 g/mol. The summed E-state index contributed by atoms with van der Waals surface area (Å²) in [6, 6.07) is 8.14. The molecule has 0 amide bonds. The molecule has 0 spiro atoms. The fourth-order valence-corrected chi connectivity index (χ4v) is 3.28. The van der Waals surface area contributed by atoms with E-state index in [2.05, 4.69) is 34.7 Å². The first-order chi connectivity index (χ1) is 8.28. The first-order valence-corrected chi connectivity index (χ1v) is 7.63. The molecule has 17 heavy (non-hydrogen) atoms. The Kier molecular flexibility index (Phi) is 4.68. The van der Waals surface area contributed by atoms with E-state index in [0.717, 1.165) is 10.2 Å². The minimum absolute atomic E-state index is 0.139. The quantitative estimate of drug-likeness (QED) is 0.594. The third-order valence-electron chi connectivity index (χ3n) is 3.46. The van der Waals surface area contributed by atoms with Crippen molar-refractivity contribution in [1.82, 2.24) is 0 Å². The standard InChI is InChI=1S/C14H19IO2/c1-16-13-6-4-12(5-7-13)10-17-14(11-15)8-2-3-9-14/h4-7H,2-3,8-11H2,1H3. The van der Waals surface area contributed by atoms with Crippen molar-refractivity contribution in [3.63, 3.8) is 0 Å². The molecule has 94 valence electrons. The van der Waals surface area contributed by atoms with Gasteiger partial charge in [0.25, 0.3) is 0 Å². The van der Waals surface area contributed by atoms with Crippen LogP contribution in [-0.2, 0) is 11.3 Å². The molecule has 2 nitrogen and oxygen atoms in total. The predicted octanol–water partition coefficient (Wildman–Crippen LogP) is 3.96. The van der Waals surface area contributed by atoms with Crippen molar-refractivity contribution in [2.24, 2.45) is 0 Å². The molecule has 0 radical (unpaired) electrons. The second kappa shape index (κ2) is 6.05. The number of methoxy groups -OCH3 is 1. The smallest absolute Gasteiger partial charge is 0.118 e. The SMILES string of the molecule is COc1ccc(COC2(CI)CCCC2)cc1. The molecule has 0 aliphatic heterocycles. The molecule has 1 saturated carbocycles. The van der Waals surface area contributed by atoms with Crippen LogP contribution in [0.1, 0.15) is 31.2 Å². The maximum absolute atomic E-state index is 6.15. The summed E-state index contributed by atoms with van der Waals surface area (Å²) in [6.45, 7) is 0.715. The van der Waals surface area contributed by atoms with E-state index in [-0.39, 0.29) is 5.60 Å². The number of alkyl halides is 1. The number of ether oxygens (including phenoxy) is 2. The molecule has 3 heteroatoms. The molecule has 0 N–H and O–H groups in total. The second-order valence-electron chi connectivity index (χ2n) is 4.66. The Hall–Kier alpha value is -0.290. The van der Waals surface area contributed by atoms with Gasteiger partial charge in [-0.25, -0.2) is 0 Å². The van der Waals surface area contributed by atoms with Crippen LogP contribution >= 0.6 is 22.6 Å². The highest BCUT2D eigenvalue weighted by molar-refractivity contribution is 14.1. The summed E-state index contributed by atoms with van der Waals surface area (Å²) in [5.41, 5.74) is 1.36. The van der Waals surface area contributed by atoms with Crippen LogP contribution in [0.4, 0.5) is 0 Å². The van der Waals surface area contributed by atoms with Gasteiger partial charge in [-0.05, 0) is 30.5 Å². The van der Waals surface area contributed by atoms with Crippen LogP contribution in [0.5, 0.6) is 5.75 Å². The van der Waals surface area contributed by atoms with E-state index in [1.807, 2.05) is 12.1 Å². The van der Waals surface area contributed by atoms with Gasteiger partial charge in [-0.1, -0.05) is 47.6 Å². The van der Waals surface area contributed by atoms with Crippen LogP contribution in [0.2, 0.25) is 0 Å². The van der Waals surface area contributed by atoms with Crippen molar-refractivity contribution in [3.8, 4) is 5.75 Å². The second-order valence-corrected chi connectivity index (χ2v) is 5.42. The molecule has 0 saturated heterocycles. The van der Waals surface area contributed by atoms with E-state index >= 15 is 0 Å². The van der Waals surface area contributed by atoms with Crippen LogP contribution in [0.3, 0.4) is 0 Å². The van der Waals surface area contributed by atoms with Crippen LogP contribution < -0.4 is 4.74 Å². The lowest BCUT2D eigenvalue weighted by molar-refractivity contribution is -0.0317. The fraction of sp³-hybridized carbons (Fsp3) is 0.571. The number of hydrogen-bond donors (Lipinski definition) is 0. The Morgan fingerprint density at radius 3 is 2.35 bits per heavy atom. The van der Waals surface area contributed by atoms with Crippen molar-refractivity contribution in [2.75, 3.05) is 11.5 Å². The molecular weight excluding hydrogens is 327 g/mol. The van der Waals surface area contributed by atoms with Gasteiger partial charge in [-0.15, -0.1) is 0 Å². The first kappa shape index (κ1) is 13.1. The Morgan fingerprint density at radius 2 is 1.82 bits per heavy atom. The Labute approximate surface area is 117 Å². The first-order valence-electron chi connectivity index (χ1n) is 6.11. The van der Waals surface area contributed by atoms with Crippen LogP contribution in [-0.4, -0.2) is 17.1 Å². The molecule has 1 aromatic carbocycles. The lowest BCUT2D eigenvalue weighted by Crippen LogP contribution is -2.30. The van der Waals surface area contributed by atoms with Gasteiger partial charge in [0, 0.05) is 4.43 Å². The summed E-state index contributed by atoms with van der Waals surface area (Å²) in [4.78, 5) is 0. The van der Waals surface area contributed by atoms with Gasteiger partial charge in [0.2, 0.25) is 0 Å². The maximum atomic E-state index is 6.15. The molecule has 1 fully saturated rings. The molecule has 2 rings (SSSR count). The van der Waals surface area contributed by atoms with E-state index < -0.39 is 0 Å². The van der Waals surface area contributed by atoms with E-state index in [1.165, 1.54) is 31.2 Å². The third kappa shape index (κ3) is 3.35. The third-order valence-corrected chi connectivity index (χ3v) is 4.85. The van der Waals surface area contributed by atoms with Gasteiger partial charge in [-0.3, -0.25) is 0 Å². The number of hydrogen-bond acceptors (Lipinski definition) is 2. The lowest BCUT2D eigenvalue weighted by Gasteiger charge is -2.27. The zero-order valence-corrected chi connectivity index (χ0v) is 12.4.